The summed E-state index contributed by atoms with van der Waals surface area (Å²) in [5.41, 5.74) is 0.497. The Morgan fingerprint density at radius 3 is 2.29 bits per heavy atom. The Morgan fingerprint density at radius 1 is 1.12 bits per heavy atom. The normalized spacial score (nSPS) is 18.5. The predicted molar refractivity (Wildman–Crippen MR) is 79.9 cm³/mol. The van der Waals surface area contributed by atoms with Gasteiger partial charge in [-0.2, -0.15) is 11.8 Å². The van der Waals surface area contributed by atoms with Gasteiger partial charge in [-0.1, -0.05) is 20.8 Å². The maximum absolute atomic E-state index is 3.64. The molecule has 0 amide bonds. The maximum Gasteiger partial charge on any atom is 0.00729 e. The van der Waals surface area contributed by atoms with Gasteiger partial charge in [0.2, 0.25) is 0 Å². The quantitative estimate of drug-likeness (QED) is 0.674. The molecule has 0 saturated carbocycles. The third-order valence-corrected chi connectivity index (χ3v) is 5.03. The first-order valence-corrected chi connectivity index (χ1v) is 8.42. The second-order valence-corrected chi connectivity index (χ2v) is 6.50. The van der Waals surface area contributed by atoms with Crippen LogP contribution < -0.4 is 5.32 Å². The first-order valence-electron chi connectivity index (χ1n) is 7.27. The zero-order valence-corrected chi connectivity index (χ0v) is 12.7. The van der Waals surface area contributed by atoms with Gasteiger partial charge in [0.05, 0.1) is 0 Å². The highest BCUT2D eigenvalue weighted by Crippen LogP contribution is 2.28. The minimum Gasteiger partial charge on any atom is -0.316 e. The van der Waals surface area contributed by atoms with Crippen LogP contribution in [-0.4, -0.2) is 49.1 Å². The van der Waals surface area contributed by atoms with E-state index in [2.05, 4.69) is 42.7 Å². The van der Waals surface area contributed by atoms with Crippen LogP contribution in [0.2, 0.25) is 0 Å². The van der Waals surface area contributed by atoms with E-state index in [1.165, 1.54) is 56.9 Å². The smallest absolute Gasteiger partial charge is 0.00729 e. The van der Waals surface area contributed by atoms with Crippen molar-refractivity contribution in [1.29, 1.82) is 0 Å². The number of rotatable bonds is 8. The molecule has 0 aromatic carbocycles. The summed E-state index contributed by atoms with van der Waals surface area (Å²) in [6.07, 6.45) is 3.83. The summed E-state index contributed by atoms with van der Waals surface area (Å²) in [6.45, 7) is 13.2. The summed E-state index contributed by atoms with van der Waals surface area (Å²) in [4.78, 5) is 2.68. The molecule has 0 radical (unpaired) electrons. The Hall–Kier alpha value is 0.270. The second-order valence-electron chi connectivity index (χ2n) is 5.27. The second kappa shape index (κ2) is 8.39. The molecular formula is C14H30N2S. The van der Waals surface area contributed by atoms with E-state index in [1.54, 1.807) is 0 Å². The first kappa shape index (κ1) is 15.3. The Morgan fingerprint density at radius 2 is 1.76 bits per heavy atom. The van der Waals surface area contributed by atoms with Gasteiger partial charge in [-0.15, -0.1) is 0 Å². The lowest BCUT2D eigenvalue weighted by atomic mass is 9.81. The number of hydrogen-bond donors (Lipinski definition) is 1. The van der Waals surface area contributed by atoms with Crippen molar-refractivity contribution in [2.24, 2.45) is 5.41 Å². The highest BCUT2D eigenvalue weighted by atomic mass is 32.2. The fourth-order valence-electron chi connectivity index (χ4n) is 2.54. The Kier molecular flexibility index (Phi) is 7.56. The molecule has 3 heteroatoms. The van der Waals surface area contributed by atoms with Gasteiger partial charge in [0.1, 0.15) is 0 Å². The summed E-state index contributed by atoms with van der Waals surface area (Å²) in [5, 5.41) is 3.64. The molecule has 1 fully saturated rings. The molecule has 1 heterocycles. The van der Waals surface area contributed by atoms with Crippen molar-refractivity contribution in [3.63, 3.8) is 0 Å². The summed E-state index contributed by atoms with van der Waals surface area (Å²) in [7, 11) is 0. The van der Waals surface area contributed by atoms with Crippen LogP contribution in [0.3, 0.4) is 0 Å². The van der Waals surface area contributed by atoms with E-state index in [4.69, 9.17) is 0 Å². The molecule has 1 aliphatic heterocycles. The number of hydrogen-bond acceptors (Lipinski definition) is 3. The van der Waals surface area contributed by atoms with Crippen molar-refractivity contribution in [2.45, 2.75) is 40.0 Å². The molecule has 0 aromatic rings. The fraction of sp³-hybridized carbons (Fsp3) is 1.00. The standard InChI is InChI=1S/C14H30N2S/c1-4-7-15-12-14(5-2,6-3)13-16-8-10-17-11-9-16/h15H,4-13H2,1-3H3. The largest absolute Gasteiger partial charge is 0.316 e. The van der Waals surface area contributed by atoms with Gasteiger partial charge in [-0.3, -0.25) is 0 Å². The van der Waals surface area contributed by atoms with Crippen molar-refractivity contribution in [3.8, 4) is 0 Å². The zero-order chi connectivity index (χ0) is 12.6. The number of nitrogens with one attached hydrogen (secondary N) is 1. The molecule has 0 bridgehead atoms. The summed E-state index contributed by atoms with van der Waals surface area (Å²) < 4.78 is 0. The Bertz CT molecular complexity index is 187. The Labute approximate surface area is 112 Å². The summed E-state index contributed by atoms with van der Waals surface area (Å²) >= 11 is 2.10. The molecule has 0 aliphatic carbocycles. The number of nitrogens with zero attached hydrogens (tertiary/aromatic N) is 1. The molecule has 2 nitrogen and oxygen atoms in total. The lowest BCUT2D eigenvalue weighted by molar-refractivity contribution is 0.143. The summed E-state index contributed by atoms with van der Waals surface area (Å²) in [6, 6.07) is 0. The molecular weight excluding hydrogens is 228 g/mol. The van der Waals surface area contributed by atoms with Gasteiger partial charge in [0.25, 0.3) is 0 Å². The van der Waals surface area contributed by atoms with Gasteiger partial charge >= 0.3 is 0 Å². The maximum atomic E-state index is 3.64. The average molecular weight is 258 g/mol. The minimum absolute atomic E-state index is 0.497. The van der Waals surface area contributed by atoms with Crippen molar-refractivity contribution in [2.75, 3.05) is 44.2 Å². The van der Waals surface area contributed by atoms with Crippen LogP contribution in [0.25, 0.3) is 0 Å². The fourth-order valence-corrected chi connectivity index (χ4v) is 3.52. The first-order chi connectivity index (χ1) is 8.26. The van der Waals surface area contributed by atoms with E-state index in [-0.39, 0.29) is 0 Å². The Balaban J connectivity index is 2.43. The van der Waals surface area contributed by atoms with E-state index >= 15 is 0 Å². The van der Waals surface area contributed by atoms with Crippen LogP contribution in [0.4, 0.5) is 0 Å². The molecule has 17 heavy (non-hydrogen) atoms. The lowest BCUT2D eigenvalue weighted by Crippen LogP contribution is -2.46. The van der Waals surface area contributed by atoms with Crippen LogP contribution in [0.1, 0.15) is 40.0 Å². The predicted octanol–water partition coefficient (Wildman–Crippen LogP) is 2.84. The SMILES string of the molecule is CCCNCC(CC)(CC)CN1CCSCC1. The molecule has 1 saturated heterocycles. The molecule has 1 aliphatic rings. The van der Waals surface area contributed by atoms with E-state index in [0.717, 1.165) is 6.54 Å². The molecule has 0 spiro atoms. The van der Waals surface area contributed by atoms with Crippen LogP contribution in [0.15, 0.2) is 0 Å². The minimum atomic E-state index is 0.497. The molecule has 0 atom stereocenters. The summed E-state index contributed by atoms with van der Waals surface area (Å²) in [5.74, 6) is 2.65. The van der Waals surface area contributed by atoms with Crippen molar-refractivity contribution in [3.05, 3.63) is 0 Å². The molecule has 0 unspecified atom stereocenters. The average Bonchev–Trinajstić information content (AvgIpc) is 2.39. The van der Waals surface area contributed by atoms with Crippen LogP contribution in [0.5, 0.6) is 0 Å². The zero-order valence-electron chi connectivity index (χ0n) is 11.9. The monoisotopic (exact) mass is 258 g/mol. The third kappa shape index (κ3) is 5.19. The van der Waals surface area contributed by atoms with Crippen molar-refractivity contribution in [1.82, 2.24) is 10.2 Å². The highest BCUT2D eigenvalue weighted by Gasteiger charge is 2.28. The van der Waals surface area contributed by atoms with Gasteiger partial charge in [0.15, 0.2) is 0 Å². The van der Waals surface area contributed by atoms with Gasteiger partial charge in [-0.25, -0.2) is 0 Å². The lowest BCUT2D eigenvalue weighted by Gasteiger charge is -2.39. The van der Waals surface area contributed by atoms with Crippen molar-refractivity contribution >= 4 is 11.8 Å². The van der Waals surface area contributed by atoms with Gasteiger partial charge < -0.3 is 10.2 Å². The van der Waals surface area contributed by atoms with Gasteiger partial charge in [0, 0.05) is 37.7 Å². The molecule has 1 rings (SSSR count). The van der Waals surface area contributed by atoms with E-state index in [9.17, 15) is 0 Å². The van der Waals surface area contributed by atoms with E-state index in [0.29, 0.717) is 5.41 Å². The van der Waals surface area contributed by atoms with E-state index in [1.807, 2.05) is 0 Å². The highest BCUT2D eigenvalue weighted by molar-refractivity contribution is 7.99. The van der Waals surface area contributed by atoms with Crippen LogP contribution >= 0.6 is 11.8 Å². The number of thioether (sulfide) groups is 1. The molecule has 1 N–H and O–H groups in total. The van der Waals surface area contributed by atoms with Crippen molar-refractivity contribution < 1.29 is 0 Å². The molecule has 102 valence electrons. The third-order valence-electron chi connectivity index (χ3n) is 4.09. The van der Waals surface area contributed by atoms with Crippen LogP contribution in [0, 0.1) is 5.41 Å². The molecule has 0 aromatic heterocycles. The van der Waals surface area contributed by atoms with Crippen LogP contribution in [-0.2, 0) is 0 Å². The topological polar surface area (TPSA) is 15.3 Å². The van der Waals surface area contributed by atoms with Gasteiger partial charge in [-0.05, 0) is 31.2 Å². The van der Waals surface area contributed by atoms with E-state index < -0.39 is 0 Å².